The van der Waals surface area contributed by atoms with Crippen LogP contribution in [0, 0.1) is 13.8 Å². The Balaban J connectivity index is 1.82. The second-order valence-electron chi connectivity index (χ2n) is 5.78. The first kappa shape index (κ1) is 15.9. The van der Waals surface area contributed by atoms with E-state index in [-0.39, 0.29) is 18.0 Å². The number of fused-ring (bicyclic) bond motifs is 1. The molecule has 3 aromatic rings. The highest BCUT2D eigenvalue weighted by molar-refractivity contribution is 5.80. The van der Waals surface area contributed by atoms with E-state index in [1.54, 1.807) is 13.0 Å². The number of benzene rings is 2. The number of nitrogens with one attached hydrogen (secondary N) is 1. The average Bonchev–Trinajstić information content (AvgIpc) is 2.58. The Morgan fingerprint density at radius 2 is 1.79 bits per heavy atom. The van der Waals surface area contributed by atoms with Gasteiger partial charge in [-0.1, -0.05) is 36.4 Å². The first-order valence-electron chi connectivity index (χ1n) is 7.83. The van der Waals surface area contributed by atoms with E-state index in [2.05, 4.69) is 10.3 Å². The van der Waals surface area contributed by atoms with Gasteiger partial charge >= 0.3 is 0 Å². The molecule has 0 unspecified atom stereocenters. The summed E-state index contributed by atoms with van der Waals surface area (Å²) in [5, 5.41) is 2.88. The molecule has 2 aromatic carbocycles. The van der Waals surface area contributed by atoms with Gasteiger partial charge in [-0.25, -0.2) is 4.98 Å². The van der Waals surface area contributed by atoms with Gasteiger partial charge in [-0.3, -0.25) is 14.2 Å². The Bertz CT molecular complexity index is 960. The second-order valence-corrected chi connectivity index (χ2v) is 5.78. The maximum Gasteiger partial charge on any atom is 0.272 e. The van der Waals surface area contributed by atoms with Gasteiger partial charge in [-0.2, -0.15) is 0 Å². The summed E-state index contributed by atoms with van der Waals surface area (Å²) < 4.78 is 1.48. The van der Waals surface area contributed by atoms with E-state index >= 15 is 0 Å². The molecule has 5 heteroatoms. The largest absolute Gasteiger partial charge is 0.350 e. The molecule has 0 aliphatic carbocycles. The van der Waals surface area contributed by atoms with Crippen LogP contribution in [0.4, 0.5) is 0 Å². The van der Waals surface area contributed by atoms with E-state index in [0.29, 0.717) is 23.3 Å². The minimum Gasteiger partial charge on any atom is -0.350 e. The Labute approximate surface area is 140 Å². The lowest BCUT2D eigenvalue weighted by Crippen LogP contribution is -2.33. The van der Waals surface area contributed by atoms with Crippen LogP contribution in [0.5, 0.6) is 0 Å². The quantitative estimate of drug-likeness (QED) is 0.802. The summed E-state index contributed by atoms with van der Waals surface area (Å²) in [7, 11) is 0. The van der Waals surface area contributed by atoms with E-state index in [9.17, 15) is 9.59 Å². The summed E-state index contributed by atoms with van der Waals surface area (Å²) in [6, 6.07) is 15.2. The van der Waals surface area contributed by atoms with Gasteiger partial charge in [0.2, 0.25) is 5.91 Å². The predicted molar refractivity (Wildman–Crippen MR) is 93.8 cm³/mol. The van der Waals surface area contributed by atoms with Gasteiger partial charge in [0.25, 0.3) is 5.56 Å². The minimum absolute atomic E-state index is 0.0193. The van der Waals surface area contributed by atoms with E-state index in [1.165, 1.54) is 4.57 Å². The Morgan fingerprint density at radius 3 is 2.58 bits per heavy atom. The third-order valence-electron chi connectivity index (χ3n) is 4.05. The zero-order valence-corrected chi connectivity index (χ0v) is 13.7. The lowest BCUT2D eigenvalue weighted by Gasteiger charge is -2.12. The molecule has 0 aliphatic heterocycles. The normalized spacial score (nSPS) is 10.8. The zero-order valence-electron chi connectivity index (χ0n) is 13.7. The fraction of sp³-hybridized carbons (Fsp3) is 0.211. The number of carbonyl (C=O) groups excluding carboxylic acids is 1. The molecular weight excluding hydrogens is 302 g/mol. The summed E-state index contributed by atoms with van der Waals surface area (Å²) in [4.78, 5) is 29.0. The number of hydrogen-bond donors (Lipinski definition) is 1. The highest BCUT2D eigenvalue weighted by Gasteiger charge is 2.11. The molecule has 0 saturated heterocycles. The van der Waals surface area contributed by atoms with Crippen LogP contribution < -0.4 is 10.9 Å². The molecule has 24 heavy (non-hydrogen) atoms. The standard InChI is InChI=1S/C19H19N3O2/c1-13-7-3-4-8-15(13)11-20-18(23)12-22-17-10-6-5-9-16(17)21-14(2)19(22)24/h3-10H,11-12H2,1-2H3,(H,20,23). The molecule has 0 saturated carbocycles. The molecule has 1 heterocycles. The predicted octanol–water partition coefficient (Wildman–Crippen LogP) is 2.33. The van der Waals surface area contributed by atoms with Crippen LogP contribution in [-0.2, 0) is 17.9 Å². The molecule has 0 radical (unpaired) electrons. The number of carbonyl (C=O) groups is 1. The number of nitrogens with zero attached hydrogens (tertiary/aromatic N) is 2. The Kier molecular flexibility index (Phi) is 4.42. The number of amides is 1. The van der Waals surface area contributed by atoms with Crippen molar-refractivity contribution in [2.45, 2.75) is 26.9 Å². The van der Waals surface area contributed by atoms with Crippen LogP contribution >= 0.6 is 0 Å². The van der Waals surface area contributed by atoms with Crippen molar-refractivity contribution in [3.8, 4) is 0 Å². The topological polar surface area (TPSA) is 64.0 Å². The fourth-order valence-electron chi connectivity index (χ4n) is 2.68. The molecule has 0 atom stereocenters. The van der Waals surface area contributed by atoms with Crippen molar-refractivity contribution in [1.82, 2.24) is 14.9 Å². The molecule has 0 fully saturated rings. The van der Waals surface area contributed by atoms with E-state index < -0.39 is 0 Å². The first-order valence-corrected chi connectivity index (χ1v) is 7.83. The molecular formula is C19H19N3O2. The van der Waals surface area contributed by atoms with Crippen LogP contribution in [0.15, 0.2) is 53.3 Å². The van der Waals surface area contributed by atoms with Crippen molar-refractivity contribution in [2.75, 3.05) is 0 Å². The molecule has 5 nitrogen and oxygen atoms in total. The van der Waals surface area contributed by atoms with Gasteiger partial charge in [0.05, 0.1) is 11.0 Å². The van der Waals surface area contributed by atoms with Crippen LogP contribution in [0.2, 0.25) is 0 Å². The summed E-state index contributed by atoms with van der Waals surface area (Å²) in [6.45, 7) is 4.10. The van der Waals surface area contributed by atoms with Gasteiger partial charge in [-0.15, -0.1) is 0 Å². The van der Waals surface area contributed by atoms with Crippen LogP contribution in [0.25, 0.3) is 11.0 Å². The molecule has 0 bridgehead atoms. The molecule has 0 spiro atoms. The van der Waals surface area contributed by atoms with Gasteiger partial charge in [0.15, 0.2) is 0 Å². The van der Waals surface area contributed by atoms with Crippen molar-refractivity contribution < 1.29 is 4.79 Å². The van der Waals surface area contributed by atoms with Crippen LogP contribution in [0.1, 0.15) is 16.8 Å². The van der Waals surface area contributed by atoms with Crippen LogP contribution in [-0.4, -0.2) is 15.5 Å². The second kappa shape index (κ2) is 6.66. The Morgan fingerprint density at radius 1 is 1.08 bits per heavy atom. The third kappa shape index (κ3) is 3.20. The monoisotopic (exact) mass is 321 g/mol. The van der Waals surface area contributed by atoms with Gasteiger partial charge in [-0.05, 0) is 37.1 Å². The van der Waals surface area contributed by atoms with Gasteiger partial charge in [0.1, 0.15) is 12.2 Å². The lowest BCUT2D eigenvalue weighted by molar-refractivity contribution is -0.121. The summed E-state index contributed by atoms with van der Waals surface area (Å²) >= 11 is 0. The highest BCUT2D eigenvalue weighted by Crippen LogP contribution is 2.10. The summed E-state index contributed by atoms with van der Waals surface area (Å²) in [5.74, 6) is -0.198. The lowest BCUT2D eigenvalue weighted by atomic mass is 10.1. The fourth-order valence-corrected chi connectivity index (χ4v) is 2.68. The highest BCUT2D eigenvalue weighted by atomic mass is 16.2. The molecule has 1 N–H and O–H groups in total. The SMILES string of the molecule is Cc1ccccc1CNC(=O)Cn1c(=O)c(C)nc2ccccc21. The summed E-state index contributed by atoms with van der Waals surface area (Å²) in [5.41, 5.74) is 3.72. The van der Waals surface area contributed by atoms with Crippen molar-refractivity contribution in [3.05, 3.63) is 75.7 Å². The molecule has 0 aliphatic rings. The Hall–Kier alpha value is -2.95. The maximum atomic E-state index is 12.4. The van der Waals surface area contributed by atoms with Crippen LogP contribution in [0.3, 0.4) is 0 Å². The molecule has 122 valence electrons. The third-order valence-corrected chi connectivity index (χ3v) is 4.05. The minimum atomic E-state index is -0.236. The van der Waals surface area contributed by atoms with E-state index in [4.69, 9.17) is 0 Å². The van der Waals surface area contributed by atoms with Gasteiger partial charge in [0, 0.05) is 6.54 Å². The number of aromatic nitrogens is 2. The molecule has 3 rings (SSSR count). The van der Waals surface area contributed by atoms with E-state index in [1.807, 2.05) is 49.4 Å². The van der Waals surface area contributed by atoms with Gasteiger partial charge < -0.3 is 5.32 Å². The van der Waals surface area contributed by atoms with Crippen molar-refractivity contribution in [2.24, 2.45) is 0 Å². The molecule has 1 aromatic heterocycles. The number of rotatable bonds is 4. The summed E-state index contributed by atoms with van der Waals surface area (Å²) in [6.07, 6.45) is 0. The maximum absolute atomic E-state index is 12.4. The molecule has 1 amide bonds. The van der Waals surface area contributed by atoms with E-state index in [0.717, 1.165) is 11.1 Å². The zero-order chi connectivity index (χ0) is 17.1. The average molecular weight is 321 g/mol. The first-order chi connectivity index (χ1) is 11.6. The van der Waals surface area contributed by atoms with Crippen molar-refractivity contribution in [1.29, 1.82) is 0 Å². The number of para-hydroxylation sites is 2. The number of hydrogen-bond acceptors (Lipinski definition) is 3. The number of aryl methyl sites for hydroxylation is 2. The van der Waals surface area contributed by atoms with Crippen molar-refractivity contribution in [3.63, 3.8) is 0 Å². The van der Waals surface area contributed by atoms with Crippen molar-refractivity contribution >= 4 is 16.9 Å². The smallest absolute Gasteiger partial charge is 0.272 e.